The maximum atomic E-state index is 5.13. The number of hydrogen-bond donors (Lipinski definition) is 0. The van der Waals surface area contributed by atoms with Gasteiger partial charge in [0.25, 0.3) is 0 Å². The van der Waals surface area contributed by atoms with Gasteiger partial charge < -0.3 is 14.4 Å². The first kappa shape index (κ1) is 44.4. The fourth-order valence-electron chi connectivity index (χ4n) is 11.1. The Balaban J connectivity index is 0.00000517. The van der Waals surface area contributed by atoms with E-state index in [1.807, 2.05) is 6.20 Å². The molecule has 5 heteroatoms. The Morgan fingerprint density at radius 1 is 0.521 bits per heavy atom. The fourth-order valence-corrected chi connectivity index (χ4v) is 11.1. The third-order valence-electron chi connectivity index (χ3n) is 14.5. The van der Waals surface area contributed by atoms with E-state index in [0.717, 1.165) is 73.5 Å². The standard InChI is InChI=1S/C66H49N4.Pt/c1-65(2,3)50-35-36-67-64(42-50)70-60-34-31-48(46-21-9-5-10-22-46)39-57(60)56-33-32-51(41-63(56)70)66(58-27-15-13-25-54(58)55-26-14-16-28-59(55)66)52-37-49(47-23-11-6-12-24-47)38-53(40-52)69-44-68(43-45-19-7-4-8-20-45)61-29-17-18-30-62(61)69;/h4-39,42,44H,43H2,1-3H3;/q-3;. The van der Waals surface area contributed by atoms with Crippen LogP contribution in [0.2, 0.25) is 0 Å². The van der Waals surface area contributed by atoms with Crippen LogP contribution in [0.3, 0.4) is 0 Å². The molecule has 0 N–H and O–H groups in total. The Morgan fingerprint density at radius 3 is 1.83 bits per heavy atom. The molecule has 0 radical (unpaired) electrons. The Kier molecular flexibility index (Phi) is 11.0. The van der Waals surface area contributed by atoms with Gasteiger partial charge in [-0.25, -0.2) is 4.98 Å². The number of aromatic nitrogens is 2. The van der Waals surface area contributed by atoms with E-state index < -0.39 is 5.41 Å². The third-order valence-corrected chi connectivity index (χ3v) is 14.5. The molecular formula is C66H49N4Pt-3. The van der Waals surface area contributed by atoms with Crippen molar-refractivity contribution in [1.82, 2.24) is 9.55 Å². The van der Waals surface area contributed by atoms with E-state index in [-0.39, 0.29) is 26.5 Å². The summed E-state index contributed by atoms with van der Waals surface area (Å²) in [7, 11) is 0. The van der Waals surface area contributed by atoms with Gasteiger partial charge in [-0.15, -0.1) is 33.8 Å². The molecule has 9 aromatic carbocycles. The molecule has 4 nitrogen and oxygen atoms in total. The first-order chi connectivity index (χ1) is 34.3. The van der Waals surface area contributed by atoms with Crippen molar-refractivity contribution in [3.05, 3.63) is 277 Å². The van der Waals surface area contributed by atoms with Gasteiger partial charge in [0.2, 0.25) is 0 Å². The number of para-hydroxylation sites is 2. The Morgan fingerprint density at radius 2 is 1.14 bits per heavy atom. The van der Waals surface area contributed by atoms with Crippen LogP contribution >= 0.6 is 0 Å². The monoisotopic (exact) mass is 1090 g/mol. The van der Waals surface area contributed by atoms with E-state index in [4.69, 9.17) is 4.98 Å². The van der Waals surface area contributed by atoms with Crippen molar-refractivity contribution in [2.45, 2.75) is 38.1 Å². The number of hydrogen-bond acceptors (Lipinski definition) is 3. The minimum absolute atomic E-state index is 0. The largest absolute Gasteiger partial charge is 0.498 e. The van der Waals surface area contributed by atoms with Gasteiger partial charge in [0.1, 0.15) is 5.82 Å². The maximum absolute atomic E-state index is 5.13. The average molecular weight is 1090 g/mol. The summed E-state index contributed by atoms with van der Waals surface area (Å²) in [6.45, 7) is 9.79. The molecule has 0 saturated heterocycles. The van der Waals surface area contributed by atoms with E-state index in [0.29, 0.717) is 0 Å². The first-order valence-corrected chi connectivity index (χ1v) is 24.2. The van der Waals surface area contributed by atoms with Crippen molar-refractivity contribution >= 4 is 38.9 Å². The quantitative estimate of drug-likeness (QED) is 0.142. The summed E-state index contributed by atoms with van der Waals surface area (Å²) < 4.78 is 2.34. The van der Waals surface area contributed by atoms with Crippen LogP contribution < -0.4 is 9.80 Å². The third kappa shape index (κ3) is 7.35. The van der Waals surface area contributed by atoms with Crippen molar-refractivity contribution in [1.29, 1.82) is 0 Å². The van der Waals surface area contributed by atoms with Gasteiger partial charge >= 0.3 is 0 Å². The minimum Gasteiger partial charge on any atom is -0.498 e. The molecule has 2 aromatic heterocycles. The van der Waals surface area contributed by atoms with Gasteiger partial charge in [-0.3, -0.25) is 0 Å². The average Bonchev–Trinajstić information content (AvgIpc) is 4.05. The normalized spacial score (nSPS) is 13.5. The summed E-state index contributed by atoms with van der Waals surface area (Å²) >= 11 is 0. The van der Waals surface area contributed by atoms with E-state index in [1.54, 1.807) is 0 Å². The molecule has 0 saturated carbocycles. The second-order valence-corrected chi connectivity index (χ2v) is 19.7. The number of nitrogens with zero attached hydrogens (tertiary/aromatic N) is 4. The molecular weight excluding hydrogens is 1040 g/mol. The Labute approximate surface area is 430 Å². The molecule has 0 amide bonds. The molecule has 0 bridgehead atoms. The number of benzene rings is 9. The molecule has 71 heavy (non-hydrogen) atoms. The molecule has 0 atom stereocenters. The molecule has 0 fully saturated rings. The summed E-state index contributed by atoms with van der Waals surface area (Å²) in [5, 5.41) is 2.28. The summed E-state index contributed by atoms with van der Waals surface area (Å²) in [4.78, 5) is 9.81. The Hall–Kier alpha value is -7.78. The molecule has 1 aliphatic carbocycles. The maximum Gasteiger partial charge on any atom is 0.135 e. The molecule has 0 spiro atoms. The van der Waals surface area contributed by atoms with Crippen molar-refractivity contribution in [2.24, 2.45) is 0 Å². The van der Waals surface area contributed by atoms with Crippen LogP contribution in [0.5, 0.6) is 0 Å². The molecule has 346 valence electrons. The van der Waals surface area contributed by atoms with E-state index in [2.05, 4.69) is 272 Å². The van der Waals surface area contributed by atoms with Gasteiger partial charge in [-0.1, -0.05) is 190 Å². The second kappa shape index (κ2) is 17.6. The topological polar surface area (TPSA) is 24.3 Å². The van der Waals surface area contributed by atoms with Gasteiger partial charge in [-0.2, -0.15) is 37.0 Å². The first-order valence-electron chi connectivity index (χ1n) is 24.2. The molecule has 2 aliphatic rings. The van der Waals surface area contributed by atoms with Crippen LogP contribution in [-0.2, 0) is 38.4 Å². The van der Waals surface area contributed by atoms with Crippen molar-refractivity contribution < 1.29 is 21.1 Å². The molecule has 3 heterocycles. The van der Waals surface area contributed by atoms with Gasteiger partial charge in [0.15, 0.2) is 0 Å². The number of pyridine rings is 1. The predicted molar refractivity (Wildman–Crippen MR) is 289 cm³/mol. The summed E-state index contributed by atoms with van der Waals surface area (Å²) in [5.41, 5.74) is 18.4. The minimum atomic E-state index is -0.818. The van der Waals surface area contributed by atoms with Crippen LogP contribution in [-0.4, -0.2) is 9.55 Å². The Bertz CT molecular complexity index is 3730. The zero-order valence-electron chi connectivity index (χ0n) is 39.8. The zero-order chi connectivity index (χ0) is 47.0. The van der Waals surface area contributed by atoms with Crippen LogP contribution in [0.1, 0.15) is 54.2 Å². The number of anilines is 3. The molecule has 1 aliphatic heterocycles. The molecule has 0 unspecified atom stereocenters. The van der Waals surface area contributed by atoms with Gasteiger partial charge in [0.05, 0.1) is 0 Å². The predicted octanol–water partition coefficient (Wildman–Crippen LogP) is 16.0. The van der Waals surface area contributed by atoms with Crippen molar-refractivity contribution in [3.8, 4) is 39.2 Å². The number of rotatable bonds is 8. The van der Waals surface area contributed by atoms with E-state index in [9.17, 15) is 0 Å². The number of fused-ring (bicyclic) bond motifs is 7. The fraction of sp³-hybridized carbons (Fsp3) is 0.0909. The van der Waals surface area contributed by atoms with Crippen LogP contribution in [0.15, 0.2) is 225 Å². The molecule has 11 aromatic rings. The van der Waals surface area contributed by atoms with Crippen LogP contribution in [0.25, 0.3) is 61.0 Å². The smallest absolute Gasteiger partial charge is 0.135 e. The SMILES string of the molecule is CC(C)(C)c1ccnc(-n2c3[c-]c(C4(c5[c-]c(N6[CH-]N(Cc7ccccc7)c7ccccc76)cc(-c6ccccc6)c5)c5ccccc5-c5ccccc54)ccc3c3cc(-c4ccccc4)ccc32)c1.[Pt]. The van der Waals surface area contributed by atoms with Crippen molar-refractivity contribution in [2.75, 3.05) is 9.80 Å². The van der Waals surface area contributed by atoms with E-state index in [1.165, 1.54) is 44.5 Å². The van der Waals surface area contributed by atoms with Crippen LogP contribution in [0, 0.1) is 18.8 Å². The van der Waals surface area contributed by atoms with E-state index >= 15 is 0 Å². The summed E-state index contributed by atoms with van der Waals surface area (Å²) in [5.74, 6) is 0.873. The van der Waals surface area contributed by atoms with Crippen molar-refractivity contribution in [3.63, 3.8) is 0 Å². The second-order valence-electron chi connectivity index (χ2n) is 19.7. The summed E-state index contributed by atoms with van der Waals surface area (Å²) in [6, 6.07) is 87.8. The summed E-state index contributed by atoms with van der Waals surface area (Å²) in [6.07, 6.45) is 1.96. The molecule has 13 rings (SSSR count). The van der Waals surface area contributed by atoms with Gasteiger partial charge in [-0.05, 0) is 91.2 Å². The zero-order valence-corrected chi connectivity index (χ0v) is 42.0. The van der Waals surface area contributed by atoms with Crippen LogP contribution in [0.4, 0.5) is 17.1 Å². The van der Waals surface area contributed by atoms with Gasteiger partial charge in [0, 0.05) is 56.1 Å².